The molecule has 0 spiro atoms. The molecule has 0 amide bonds. The molecule has 3 rings (SSSR count). The van der Waals surface area contributed by atoms with Crippen molar-refractivity contribution in [3.8, 4) is 5.75 Å². The number of aryl methyl sites for hydroxylation is 2. The number of carboxylic acids is 1. The highest BCUT2D eigenvalue weighted by molar-refractivity contribution is 5.88. The molecule has 1 aromatic heterocycles. The third kappa shape index (κ3) is 5.67. The minimum atomic E-state index is -0.967. The summed E-state index contributed by atoms with van der Waals surface area (Å²) in [4.78, 5) is 10.7. The number of aliphatic carboxylic acids is 1. The molecule has 0 aliphatic rings. The maximum absolute atomic E-state index is 10.7. The van der Waals surface area contributed by atoms with Gasteiger partial charge in [-0.15, -0.1) is 5.10 Å². The molecule has 0 aliphatic heterocycles. The number of aromatic nitrogens is 3. The number of fused-ring (bicyclic) bond motifs is 1. The average molecular weight is 409 g/mol. The molecule has 0 bridgehead atoms. The lowest BCUT2D eigenvalue weighted by Gasteiger charge is -2.06. The highest BCUT2D eigenvalue weighted by Crippen LogP contribution is 2.21. The van der Waals surface area contributed by atoms with Gasteiger partial charge >= 0.3 is 5.97 Å². The van der Waals surface area contributed by atoms with Gasteiger partial charge in [0.2, 0.25) is 0 Å². The first kappa shape index (κ1) is 21.5. The first-order valence-electron chi connectivity index (χ1n) is 10.0. The summed E-state index contributed by atoms with van der Waals surface area (Å²) in [6.45, 7) is 4.06. The second-order valence-corrected chi connectivity index (χ2v) is 7.09. The van der Waals surface area contributed by atoms with E-state index in [0.717, 1.165) is 72.0 Å². The Balaban J connectivity index is 1.42. The number of benzene rings is 2. The largest absolute Gasteiger partial charge is 0.497 e. The molecule has 7 heteroatoms. The normalized spacial score (nSPS) is 11.4. The van der Waals surface area contributed by atoms with Crippen molar-refractivity contribution in [2.75, 3.05) is 13.7 Å². The van der Waals surface area contributed by atoms with Crippen molar-refractivity contribution in [2.24, 2.45) is 0 Å². The van der Waals surface area contributed by atoms with Crippen LogP contribution in [0.1, 0.15) is 36.0 Å². The van der Waals surface area contributed by atoms with Gasteiger partial charge in [-0.05, 0) is 67.2 Å². The van der Waals surface area contributed by atoms with Gasteiger partial charge in [0.05, 0.1) is 19.2 Å². The van der Waals surface area contributed by atoms with Crippen molar-refractivity contribution < 1.29 is 19.4 Å². The molecule has 0 radical (unpaired) electrons. The summed E-state index contributed by atoms with van der Waals surface area (Å²) in [5.74, 6) is -0.117. The van der Waals surface area contributed by atoms with E-state index < -0.39 is 5.97 Å². The lowest BCUT2D eigenvalue weighted by atomic mass is 10.1. The Hall–Kier alpha value is -3.19. The van der Waals surface area contributed by atoms with E-state index >= 15 is 0 Å². The number of hydrogen-bond donors (Lipinski definition) is 1. The number of carboxylic acid groups (broad SMARTS) is 1. The molecule has 30 heavy (non-hydrogen) atoms. The van der Waals surface area contributed by atoms with E-state index in [-0.39, 0.29) is 0 Å². The molecule has 0 aliphatic carbocycles. The van der Waals surface area contributed by atoms with Gasteiger partial charge in [-0.25, -0.2) is 9.48 Å². The summed E-state index contributed by atoms with van der Waals surface area (Å²) in [5.41, 5.74) is 4.69. The highest BCUT2D eigenvalue weighted by Gasteiger charge is 2.09. The van der Waals surface area contributed by atoms with Gasteiger partial charge in [0.1, 0.15) is 11.3 Å². The Bertz CT molecular complexity index is 1010. The van der Waals surface area contributed by atoms with Gasteiger partial charge in [0.15, 0.2) is 0 Å². The van der Waals surface area contributed by atoms with Crippen LogP contribution in [0.2, 0.25) is 0 Å². The highest BCUT2D eigenvalue weighted by atomic mass is 16.5. The van der Waals surface area contributed by atoms with Crippen LogP contribution >= 0.6 is 0 Å². The van der Waals surface area contributed by atoms with E-state index in [0.29, 0.717) is 6.61 Å². The number of unbranched alkanes of at least 4 members (excludes halogenated alkanes) is 2. The van der Waals surface area contributed by atoms with Gasteiger partial charge in [0.25, 0.3) is 0 Å². The van der Waals surface area contributed by atoms with E-state index in [2.05, 4.69) is 10.3 Å². The van der Waals surface area contributed by atoms with Gasteiger partial charge in [-0.2, -0.15) is 0 Å². The lowest BCUT2D eigenvalue weighted by molar-refractivity contribution is -0.131. The van der Waals surface area contributed by atoms with Crippen molar-refractivity contribution in [3.63, 3.8) is 0 Å². The van der Waals surface area contributed by atoms with Crippen LogP contribution < -0.4 is 4.74 Å². The monoisotopic (exact) mass is 409 g/mol. The number of ether oxygens (including phenoxy) is 2. The second kappa shape index (κ2) is 10.5. The fourth-order valence-electron chi connectivity index (χ4n) is 3.24. The molecule has 0 saturated heterocycles. The van der Waals surface area contributed by atoms with Gasteiger partial charge in [-0.3, -0.25) is 0 Å². The third-order valence-corrected chi connectivity index (χ3v) is 4.97. The van der Waals surface area contributed by atoms with Gasteiger partial charge in [-0.1, -0.05) is 23.4 Å². The fraction of sp³-hybridized carbons (Fsp3) is 0.348. The van der Waals surface area contributed by atoms with Crippen LogP contribution in [-0.4, -0.2) is 39.8 Å². The second-order valence-electron chi connectivity index (χ2n) is 7.09. The molecular weight excluding hydrogens is 382 g/mol. The first-order chi connectivity index (χ1) is 14.6. The third-order valence-electron chi connectivity index (χ3n) is 4.97. The van der Waals surface area contributed by atoms with E-state index in [9.17, 15) is 4.79 Å². The Morgan fingerprint density at radius 2 is 1.93 bits per heavy atom. The summed E-state index contributed by atoms with van der Waals surface area (Å²) >= 11 is 0. The van der Waals surface area contributed by atoms with Crippen molar-refractivity contribution in [1.29, 1.82) is 0 Å². The zero-order valence-corrected chi connectivity index (χ0v) is 17.4. The Morgan fingerprint density at radius 1 is 1.13 bits per heavy atom. The van der Waals surface area contributed by atoms with Gasteiger partial charge in [0, 0.05) is 19.2 Å². The quantitative estimate of drug-likeness (QED) is 0.377. The maximum Gasteiger partial charge on any atom is 0.328 e. The van der Waals surface area contributed by atoms with Crippen LogP contribution in [0.5, 0.6) is 5.75 Å². The van der Waals surface area contributed by atoms with Crippen LogP contribution in [0.3, 0.4) is 0 Å². The molecule has 0 saturated carbocycles. The number of rotatable bonds is 11. The molecular formula is C23H27N3O4. The number of nitrogens with zero attached hydrogens (tertiary/aromatic N) is 3. The average Bonchev–Trinajstić information content (AvgIpc) is 3.16. The van der Waals surface area contributed by atoms with Gasteiger partial charge < -0.3 is 14.6 Å². The minimum absolute atomic E-state index is 0.607. The topological polar surface area (TPSA) is 86.5 Å². The Kier molecular flexibility index (Phi) is 7.57. The molecule has 0 unspecified atom stereocenters. The molecule has 0 fully saturated rings. The Morgan fingerprint density at radius 3 is 2.67 bits per heavy atom. The molecule has 0 atom stereocenters. The minimum Gasteiger partial charge on any atom is -0.497 e. The predicted octanol–water partition coefficient (Wildman–Crippen LogP) is 4.23. The number of methoxy groups -OCH3 is 1. The van der Waals surface area contributed by atoms with E-state index in [1.165, 1.54) is 0 Å². The zero-order chi connectivity index (χ0) is 21.3. The van der Waals surface area contributed by atoms with Crippen molar-refractivity contribution in [3.05, 3.63) is 59.2 Å². The standard InChI is InChI=1S/C23H27N3O4/c1-17-19(9-13-22(27)28)8-12-21-23(17)24-25-26(21)14-4-3-5-15-30-16-18-6-10-20(29-2)11-7-18/h6-13H,3-5,14-16H2,1-2H3,(H,27,28). The predicted molar refractivity (Wildman–Crippen MR) is 115 cm³/mol. The lowest BCUT2D eigenvalue weighted by Crippen LogP contribution is -2.02. The van der Waals surface area contributed by atoms with Crippen molar-refractivity contribution in [1.82, 2.24) is 15.0 Å². The maximum atomic E-state index is 10.7. The summed E-state index contributed by atoms with van der Waals surface area (Å²) in [6.07, 6.45) is 5.75. The molecule has 7 nitrogen and oxygen atoms in total. The van der Waals surface area contributed by atoms with Crippen LogP contribution in [-0.2, 0) is 22.7 Å². The summed E-state index contributed by atoms with van der Waals surface area (Å²) in [6, 6.07) is 11.8. The van der Waals surface area contributed by atoms with Crippen LogP contribution in [0, 0.1) is 6.92 Å². The molecule has 1 heterocycles. The SMILES string of the molecule is COc1ccc(COCCCCCn2nnc3c(C)c(C=CC(=O)O)ccc32)cc1. The van der Waals surface area contributed by atoms with E-state index in [1.54, 1.807) is 13.2 Å². The van der Waals surface area contributed by atoms with Crippen LogP contribution in [0.25, 0.3) is 17.1 Å². The van der Waals surface area contributed by atoms with Crippen LogP contribution in [0.15, 0.2) is 42.5 Å². The fourth-order valence-corrected chi connectivity index (χ4v) is 3.24. The molecule has 158 valence electrons. The van der Waals surface area contributed by atoms with Crippen molar-refractivity contribution in [2.45, 2.75) is 39.3 Å². The number of hydrogen-bond acceptors (Lipinski definition) is 5. The summed E-state index contributed by atoms with van der Waals surface area (Å²) < 4.78 is 12.8. The zero-order valence-electron chi connectivity index (χ0n) is 17.4. The summed E-state index contributed by atoms with van der Waals surface area (Å²) in [5, 5.41) is 17.3. The smallest absolute Gasteiger partial charge is 0.328 e. The molecule has 1 N–H and O–H groups in total. The number of carbonyl (C=O) groups is 1. The molecule has 3 aromatic rings. The van der Waals surface area contributed by atoms with Crippen molar-refractivity contribution >= 4 is 23.1 Å². The van der Waals surface area contributed by atoms with E-state index in [4.69, 9.17) is 14.6 Å². The van der Waals surface area contributed by atoms with E-state index in [1.807, 2.05) is 48.0 Å². The van der Waals surface area contributed by atoms with Crippen LogP contribution in [0.4, 0.5) is 0 Å². The summed E-state index contributed by atoms with van der Waals surface area (Å²) in [7, 11) is 1.66. The first-order valence-corrected chi connectivity index (χ1v) is 10.0. The molecule has 2 aromatic carbocycles. The Labute approximate surface area is 175 Å².